The molecule has 5 heteroatoms. The molecule has 2 bridgehead atoms. The molecule has 2 aromatic carbocycles. The molecule has 0 fully saturated rings. The maximum Gasteiger partial charge on any atom is 0.0476 e. The molecule has 0 unspecified atom stereocenters. The van der Waals surface area contributed by atoms with Crippen LogP contribution in [0.1, 0.15) is 22.5 Å². The van der Waals surface area contributed by atoms with Gasteiger partial charge in [0.1, 0.15) is 0 Å². The highest BCUT2D eigenvalue weighted by Gasteiger charge is 2.19. The summed E-state index contributed by atoms with van der Waals surface area (Å²) in [5.74, 6) is 0. The predicted octanol–water partition coefficient (Wildman–Crippen LogP) is 3.46. The largest absolute Gasteiger partial charge is 0.385 e. The molecule has 0 amide bonds. The van der Waals surface area contributed by atoms with Gasteiger partial charge >= 0.3 is 0 Å². The lowest BCUT2D eigenvalue weighted by molar-refractivity contribution is 0.749. The molecule has 168 valence electrons. The zero-order chi connectivity index (χ0) is 22.9. The molecule has 0 radical (unpaired) electrons. The first-order valence-electron chi connectivity index (χ1n) is 11.5. The molecule has 33 heavy (non-hydrogen) atoms. The van der Waals surface area contributed by atoms with Crippen LogP contribution >= 0.6 is 0 Å². The Labute approximate surface area is 194 Å². The molecular formula is C28H31N5. The van der Waals surface area contributed by atoms with Crippen molar-refractivity contribution >= 4 is 34.9 Å². The molecule has 0 saturated heterocycles. The Kier molecular flexibility index (Phi) is 5.56. The van der Waals surface area contributed by atoms with Crippen LogP contribution in [0.3, 0.4) is 0 Å². The number of hydrogen-bond donors (Lipinski definition) is 5. The standard InChI is InChI=1S/C28H31N5/c1-17-23-16-25-28(26(19(3)33-25)18(2)30-14-13-29-4)21-8-5-9-22(15-21)31-12-11-20-7-6-10-24(32-17)27(20)23/h5-10,15-16,29-33H,1-2,11-14H2,3-4H3/b23-16+. The fourth-order valence-electron chi connectivity index (χ4n) is 4.90. The number of fused-ring (bicyclic) bond motifs is 4. The molecule has 5 nitrogen and oxygen atoms in total. The van der Waals surface area contributed by atoms with Crippen molar-refractivity contribution < 1.29 is 0 Å². The van der Waals surface area contributed by atoms with Gasteiger partial charge in [-0.3, -0.25) is 0 Å². The summed E-state index contributed by atoms with van der Waals surface area (Å²) in [6.45, 7) is 13.4. The topological polar surface area (TPSA) is 67.7 Å². The maximum absolute atomic E-state index is 4.38. The second-order valence-electron chi connectivity index (χ2n) is 8.68. The third kappa shape index (κ3) is 3.85. The first kappa shape index (κ1) is 21.2. The SMILES string of the molecule is C=C(NCCNC)c1c(C)[nH]c2c1-c1cccc(c1)NCCc1cccc3[nH]c(=C)/c(c13)=C\2. The van der Waals surface area contributed by atoms with Crippen molar-refractivity contribution in [3.63, 3.8) is 0 Å². The van der Waals surface area contributed by atoms with E-state index in [1.807, 2.05) is 7.05 Å². The lowest BCUT2D eigenvalue weighted by Crippen LogP contribution is -2.23. The van der Waals surface area contributed by atoms with Crippen LogP contribution in [-0.4, -0.2) is 36.6 Å². The molecule has 0 spiro atoms. The van der Waals surface area contributed by atoms with E-state index in [-0.39, 0.29) is 0 Å². The van der Waals surface area contributed by atoms with E-state index in [0.717, 1.165) is 81.6 Å². The smallest absolute Gasteiger partial charge is 0.0476 e. The highest BCUT2D eigenvalue weighted by molar-refractivity contribution is 5.91. The van der Waals surface area contributed by atoms with Gasteiger partial charge in [-0.25, -0.2) is 0 Å². The third-order valence-electron chi connectivity index (χ3n) is 6.43. The molecule has 1 aliphatic heterocycles. The number of hydrogen-bond acceptors (Lipinski definition) is 3. The second-order valence-corrected chi connectivity index (χ2v) is 8.68. The van der Waals surface area contributed by atoms with Crippen molar-refractivity contribution in [2.24, 2.45) is 0 Å². The fourth-order valence-corrected chi connectivity index (χ4v) is 4.90. The minimum atomic E-state index is 0.814. The van der Waals surface area contributed by atoms with Crippen LogP contribution in [0.5, 0.6) is 0 Å². The lowest BCUT2D eigenvalue weighted by atomic mass is 9.96. The number of rotatable bonds is 5. The number of H-pyrrole nitrogens is 2. The Hall–Kier alpha value is -3.70. The van der Waals surface area contributed by atoms with Gasteiger partial charge < -0.3 is 25.9 Å². The number of benzene rings is 2. The number of likely N-dealkylation sites (N-methyl/N-ethyl adjacent to an activating group) is 1. The average molecular weight is 438 g/mol. The van der Waals surface area contributed by atoms with Crippen molar-refractivity contribution in [3.8, 4) is 11.1 Å². The summed E-state index contributed by atoms with van der Waals surface area (Å²) >= 11 is 0. The highest BCUT2D eigenvalue weighted by Crippen LogP contribution is 2.35. The molecule has 0 atom stereocenters. The van der Waals surface area contributed by atoms with Gasteiger partial charge in [0, 0.05) is 75.0 Å². The zero-order valence-electron chi connectivity index (χ0n) is 19.4. The summed E-state index contributed by atoms with van der Waals surface area (Å²) in [5.41, 5.74) is 10.1. The zero-order valence-corrected chi connectivity index (χ0v) is 19.4. The summed E-state index contributed by atoms with van der Waals surface area (Å²) in [6.07, 6.45) is 3.19. The van der Waals surface area contributed by atoms with E-state index in [1.165, 1.54) is 10.9 Å². The first-order valence-corrected chi connectivity index (χ1v) is 11.5. The molecule has 0 saturated carbocycles. The molecular weight excluding hydrogens is 406 g/mol. The van der Waals surface area contributed by atoms with Crippen LogP contribution in [0.15, 0.2) is 49.0 Å². The van der Waals surface area contributed by atoms with Gasteiger partial charge in [0.15, 0.2) is 0 Å². The number of aromatic amines is 2. The van der Waals surface area contributed by atoms with E-state index in [0.29, 0.717) is 0 Å². The molecule has 4 aromatic rings. The fraction of sp³-hybridized carbons (Fsp3) is 0.214. The van der Waals surface area contributed by atoms with Gasteiger partial charge in [0.25, 0.3) is 0 Å². The van der Waals surface area contributed by atoms with Crippen LogP contribution in [0.25, 0.3) is 40.4 Å². The van der Waals surface area contributed by atoms with Crippen LogP contribution in [0.2, 0.25) is 0 Å². The number of nitrogens with one attached hydrogen (secondary N) is 5. The van der Waals surface area contributed by atoms with Gasteiger partial charge in [-0.1, -0.05) is 37.4 Å². The van der Waals surface area contributed by atoms with Crippen molar-refractivity contribution in [2.75, 3.05) is 32.0 Å². The van der Waals surface area contributed by atoms with Gasteiger partial charge in [0.2, 0.25) is 0 Å². The molecule has 1 aliphatic rings. The van der Waals surface area contributed by atoms with Crippen LogP contribution in [-0.2, 0) is 6.42 Å². The van der Waals surface area contributed by atoms with Crippen LogP contribution in [0, 0.1) is 6.92 Å². The molecule has 3 heterocycles. The van der Waals surface area contributed by atoms with E-state index in [2.05, 4.69) is 94.5 Å². The van der Waals surface area contributed by atoms with Crippen molar-refractivity contribution in [1.29, 1.82) is 0 Å². The Morgan fingerprint density at radius 3 is 2.79 bits per heavy atom. The Bertz CT molecular complexity index is 1450. The van der Waals surface area contributed by atoms with Crippen molar-refractivity contribution in [2.45, 2.75) is 13.3 Å². The molecule has 0 aliphatic carbocycles. The van der Waals surface area contributed by atoms with E-state index in [1.54, 1.807) is 0 Å². The predicted molar refractivity (Wildman–Crippen MR) is 141 cm³/mol. The van der Waals surface area contributed by atoms with Gasteiger partial charge in [-0.15, -0.1) is 0 Å². The summed E-state index contributed by atoms with van der Waals surface area (Å²) in [4.78, 5) is 7.14. The molecule has 5 rings (SSSR count). The highest BCUT2D eigenvalue weighted by atomic mass is 14.9. The summed E-state index contributed by atoms with van der Waals surface area (Å²) < 4.78 is 0. The van der Waals surface area contributed by atoms with Gasteiger partial charge in [-0.05, 0) is 55.8 Å². The third-order valence-corrected chi connectivity index (χ3v) is 6.43. The summed E-state index contributed by atoms with van der Waals surface area (Å²) in [7, 11) is 1.96. The van der Waals surface area contributed by atoms with Crippen LogP contribution < -0.4 is 26.5 Å². The minimum Gasteiger partial charge on any atom is -0.385 e. The monoisotopic (exact) mass is 437 g/mol. The van der Waals surface area contributed by atoms with E-state index in [4.69, 9.17) is 0 Å². The van der Waals surface area contributed by atoms with E-state index < -0.39 is 0 Å². The van der Waals surface area contributed by atoms with Gasteiger partial charge in [-0.2, -0.15) is 0 Å². The van der Waals surface area contributed by atoms with Crippen LogP contribution in [0.4, 0.5) is 5.69 Å². The maximum atomic E-state index is 4.38. The summed E-state index contributed by atoms with van der Waals surface area (Å²) in [6, 6.07) is 15.1. The Balaban J connectivity index is 1.80. The quantitative estimate of drug-likeness (QED) is 0.311. The molecule has 5 N–H and O–H groups in total. The Morgan fingerprint density at radius 2 is 1.94 bits per heavy atom. The second kappa shape index (κ2) is 8.68. The first-order chi connectivity index (χ1) is 16.1. The average Bonchev–Trinajstić information content (AvgIpc) is 3.30. The number of aryl methyl sites for hydroxylation is 1. The van der Waals surface area contributed by atoms with Gasteiger partial charge in [0.05, 0.1) is 0 Å². The normalized spacial score (nSPS) is 13.8. The Morgan fingerprint density at radius 1 is 1.09 bits per heavy atom. The summed E-state index contributed by atoms with van der Waals surface area (Å²) in [5, 5.41) is 13.6. The number of aromatic nitrogens is 2. The number of anilines is 1. The van der Waals surface area contributed by atoms with E-state index >= 15 is 0 Å². The lowest BCUT2D eigenvalue weighted by Gasteiger charge is -2.14. The van der Waals surface area contributed by atoms with Crippen molar-refractivity contribution in [3.05, 3.63) is 82.1 Å². The minimum absolute atomic E-state index is 0.814. The van der Waals surface area contributed by atoms with Crippen molar-refractivity contribution in [1.82, 2.24) is 20.6 Å². The molecule has 2 aromatic heterocycles. The van der Waals surface area contributed by atoms with E-state index in [9.17, 15) is 0 Å².